The lowest BCUT2D eigenvalue weighted by Crippen LogP contribution is -2.59. The molecule has 1 fully saturated rings. The Labute approximate surface area is 75.7 Å². The molecule has 12 heavy (non-hydrogen) atoms. The van der Waals surface area contributed by atoms with Gasteiger partial charge in [-0.1, -0.05) is 0 Å². The number of thioether (sulfide) groups is 1. The minimum atomic E-state index is -0.404. The number of carbonyl (C=O) groups is 2. The van der Waals surface area contributed by atoms with Gasteiger partial charge < -0.3 is 10.2 Å². The first-order valence-electron chi connectivity index (χ1n) is 3.67. The van der Waals surface area contributed by atoms with Crippen molar-refractivity contribution in [2.24, 2.45) is 0 Å². The van der Waals surface area contributed by atoms with Crippen molar-refractivity contribution >= 4 is 23.6 Å². The van der Waals surface area contributed by atoms with Crippen LogP contribution >= 0.6 is 11.8 Å². The lowest BCUT2D eigenvalue weighted by Gasteiger charge is -2.33. The maximum atomic E-state index is 11.4. The Hall–Kier alpha value is -0.710. The van der Waals surface area contributed by atoms with Gasteiger partial charge in [-0.2, -0.15) is 0 Å². The maximum Gasteiger partial charge on any atom is 0.256 e. The highest BCUT2D eigenvalue weighted by atomic mass is 32.2. The highest BCUT2D eigenvalue weighted by Gasteiger charge is 2.34. The van der Waals surface area contributed by atoms with Gasteiger partial charge in [-0.3, -0.25) is 9.59 Å². The van der Waals surface area contributed by atoms with Gasteiger partial charge in [0.05, 0.1) is 0 Å². The summed E-state index contributed by atoms with van der Waals surface area (Å²) in [5, 5.41) is 2.22. The van der Waals surface area contributed by atoms with Crippen LogP contribution in [0.4, 0.5) is 0 Å². The minimum Gasteiger partial charge on any atom is -0.334 e. The van der Waals surface area contributed by atoms with Gasteiger partial charge in [0.2, 0.25) is 5.91 Å². The SMILES string of the molecule is CSC1NC(=O)C(C)N(C)C1=O. The van der Waals surface area contributed by atoms with Gasteiger partial charge >= 0.3 is 0 Å². The van der Waals surface area contributed by atoms with Gasteiger partial charge in [0.25, 0.3) is 5.91 Å². The zero-order valence-electron chi connectivity index (χ0n) is 7.33. The Morgan fingerprint density at radius 3 is 2.58 bits per heavy atom. The van der Waals surface area contributed by atoms with Crippen LogP contribution in [-0.2, 0) is 9.59 Å². The quantitative estimate of drug-likeness (QED) is 0.612. The van der Waals surface area contributed by atoms with Crippen LogP contribution in [0, 0.1) is 0 Å². The van der Waals surface area contributed by atoms with Crippen molar-refractivity contribution in [2.75, 3.05) is 13.3 Å². The van der Waals surface area contributed by atoms with E-state index < -0.39 is 5.37 Å². The van der Waals surface area contributed by atoms with Gasteiger partial charge in [0.15, 0.2) is 5.37 Å². The fraction of sp³-hybridized carbons (Fsp3) is 0.714. The third-order valence-corrected chi connectivity index (χ3v) is 2.83. The molecule has 2 atom stereocenters. The molecule has 0 saturated carbocycles. The smallest absolute Gasteiger partial charge is 0.256 e. The lowest BCUT2D eigenvalue weighted by atomic mass is 10.2. The Morgan fingerprint density at radius 2 is 2.08 bits per heavy atom. The second-order valence-corrected chi connectivity index (χ2v) is 3.69. The maximum absolute atomic E-state index is 11.4. The molecule has 2 unspecified atom stereocenters. The van der Waals surface area contributed by atoms with E-state index in [0.717, 1.165) is 0 Å². The lowest BCUT2D eigenvalue weighted by molar-refractivity contribution is -0.144. The predicted octanol–water partition coefficient (Wildman–Crippen LogP) is -0.348. The Bertz CT molecular complexity index is 215. The van der Waals surface area contributed by atoms with E-state index in [4.69, 9.17) is 0 Å². The molecule has 0 aromatic rings. The highest BCUT2D eigenvalue weighted by molar-refractivity contribution is 7.99. The van der Waals surface area contributed by atoms with Crippen LogP contribution in [0.15, 0.2) is 0 Å². The van der Waals surface area contributed by atoms with Gasteiger partial charge in [-0.05, 0) is 13.2 Å². The monoisotopic (exact) mass is 188 g/mol. The van der Waals surface area contributed by atoms with Crippen LogP contribution in [0.2, 0.25) is 0 Å². The summed E-state index contributed by atoms with van der Waals surface area (Å²) in [5.41, 5.74) is 0. The molecule has 0 aromatic heterocycles. The average Bonchev–Trinajstić information content (AvgIpc) is 2.08. The van der Waals surface area contributed by atoms with E-state index in [9.17, 15) is 9.59 Å². The number of carbonyl (C=O) groups excluding carboxylic acids is 2. The van der Waals surface area contributed by atoms with Crippen LogP contribution in [0.25, 0.3) is 0 Å². The first kappa shape index (κ1) is 9.38. The number of likely N-dealkylation sites (N-methyl/N-ethyl adjacent to an activating group) is 1. The van der Waals surface area contributed by atoms with Crippen molar-refractivity contribution in [3.05, 3.63) is 0 Å². The molecule has 0 aromatic carbocycles. The van der Waals surface area contributed by atoms with E-state index >= 15 is 0 Å². The molecule has 1 aliphatic rings. The van der Waals surface area contributed by atoms with Crippen LogP contribution in [0.1, 0.15) is 6.92 Å². The van der Waals surface area contributed by atoms with E-state index in [1.165, 1.54) is 16.7 Å². The molecule has 0 aliphatic carbocycles. The van der Waals surface area contributed by atoms with Gasteiger partial charge in [0.1, 0.15) is 6.04 Å². The van der Waals surface area contributed by atoms with Crippen molar-refractivity contribution in [1.82, 2.24) is 10.2 Å². The predicted molar refractivity (Wildman–Crippen MR) is 47.7 cm³/mol. The normalized spacial score (nSPS) is 30.4. The Morgan fingerprint density at radius 1 is 1.50 bits per heavy atom. The van der Waals surface area contributed by atoms with E-state index in [2.05, 4.69) is 5.32 Å². The molecular formula is C7H12N2O2S. The summed E-state index contributed by atoms with van der Waals surface area (Å²) < 4.78 is 0. The van der Waals surface area contributed by atoms with Crippen LogP contribution in [-0.4, -0.2) is 41.4 Å². The zero-order chi connectivity index (χ0) is 9.30. The number of hydrogen-bond acceptors (Lipinski definition) is 3. The van der Waals surface area contributed by atoms with Crippen LogP contribution in [0.5, 0.6) is 0 Å². The molecule has 68 valence electrons. The van der Waals surface area contributed by atoms with E-state index in [1.807, 2.05) is 0 Å². The third-order valence-electron chi connectivity index (χ3n) is 2.04. The summed E-state index contributed by atoms with van der Waals surface area (Å²) in [6, 6.07) is -0.346. The third kappa shape index (κ3) is 1.41. The van der Waals surface area contributed by atoms with Crippen molar-refractivity contribution in [2.45, 2.75) is 18.3 Å². The summed E-state index contributed by atoms with van der Waals surface area (Å²) in [6.07, 6.45) is 1.80. The van der Waals surface area contributed by atoms with Crippen molar-refractivity contribution in [3.8, 4) is 0 Å². The molecule has 4 nitrogen and oxygen atoms in total. The fourth-order valence-corrected chi connectivity index (χ4v) is 1.62. The van der Waals surface area contributed by atoms with E-state index in [1.54, 1.807) is 20.2 Å². The van der Waals surface area contributed by atoms with Crippen molar-refractivity contribution < 1.29 is 9.59 Å². The number of amides is 2. The molecule has 5 heteroatoms. The topological polar surface area (TPSA) is 49.4 Å². The van der Waals surface area contributed by atoms with E-state index in [-0.39, 0.29) is 17.9 Å². The molecule has 0 radical (unpaired) electrons. The Balaban J connectivity index is 2.77. The standard InChI is InChI=1S/C7H12N2O2S/c1-4-5(10)8-6(12-3)7(11)9(4)2/h4,6H,1-3H3,(H,8,10). The molecule has 1 saturated heterocycles. The number of nitrogens with zero attached hydrogens (tertiary/aromatic N) is 1. The first-order valence-corrected chi connectivity index (χ1v) is 4.96. The molecular weight excluding hydrogens is 176 g/mol. The number of piperazine rings is 1. The highest BCUT2D eigenvalue weighted by Crippen LogP contribution is 2.13. The van der Waals surface area contributed by atoms with Crippen LogP contribution < -0.4 is 5.32 Å². The van der Waals surface area contributed by atoms with Gasteiger partial charge in [-0.25, -0.2) is 0 Å². The van der Waals surface area contributed by atoms with Crippen LogP contribution in [0.3, 0.4) is 0 Å². The van der Waals surface area contributed by atoms with Gasteiger partial charge in [0, 0.05) is 7.05 Å². The summed E-state index contributed by atoms with van der Waals surface area (Å²) in [4.78, 5) is 24.1. The molecule has 0 bridgehead atoms. The van der Waals surface area contributed by atoms with Crippen molar-refractivity contribution in [3.63, 3.8) is 0 Å². The first-order chi connectivity index (χ1) is 5.57. The largest absolute Gasteiger partial charge is 0.334 e. The summed E-state index contributed by atoms with van der Waals surface area (Å²) >= 11 is 1.34. The molecule has 1 N–H and O–H groups in total. The minimum absolute atomic E-state index is 0.0328. The molecule has 0 spiro atoms. The summed E-state index contributed by atoms with van der Waals surface area (Å²) in [7, 11) is 1.65. The van der Waals surface area contributed by atoms with Gasteiger partial charge in [-0.15, -0.1) is 11.8 Å². The number of nitrogens with one attached hydrogen (secondary N) is 1. The molecule has 2 amide bonds. The summed E-state index contributed by atoms with van der Waals surface area (Å²) in [5.74, 6) is -0.119. The number of hydrogen-bond donors (Lipinski definition) is 1. The second kappa shape index (κ2) is 3.35. The molecule has 1 aliphatic heterocycles. The second-order valence-electron chi connectivity index (χ2n) is 2.75. The molecule has 1 heterocycles. The average molecular weight is 188 g/mol. The summed E-state index contributed by atoms with van der Waals surface area (Å²) in [6.45, 7) is 1.71. The Kier molecular flexibility index (Phi) is 2.62. The molecule has 1 rings (SSSR count). The van der Waals surface area contributed by atoms with E-state index in [0.29, 0.717) is 0 Å². The number of rotatable bonds is 1. The zero-order valence-corrected chi connectivity index (χ0v) is 8.14. The van der Waals surface area contributed by atoms with Crippen molar-refractivity contribution in [1.29, 1.82) is 0 Å². The fourth-order valence-electron chi connectivity index (χ4n) is 1.02.